The minimum Gasteiger partial charge on any atom is -0.480 e. The lowest BCUT2D eigenvalue weighted by Crippen LogP contribution is -2.35. The van der Waals surface area contributed by atoms with Gasteiger partial charge in [-0.15, -0.1) is 0 Å². The summed E-state index contributed by atoms with van der Waals surface area (Å²) in [6.07, 6.45) is 0. The molecule has 5 nitrogen and oxygen atoms in total. The molecule has 0 amide bonds. The Bertz CT molecular complexity index is 880. The first-order valence-corrected chi connectivity index (χ1v) is 9.62. The fraction of sp³-hybridized carbons (Fsp3) is 0.235. The monoisotopic (exact) mass is 401 g/mol. The van der Waals surface area contributed by atoms with E-state index in [4.69, 9.17) is 28.3 Å². The van der Waals surface area contributed by atoms with E-state index in [2.05, 4.69) is 0 Å². The topological polar surface area (TPSA) is 74.7 Å². The van der Waals surface area contributed by atoms with Gasteiger partial charge in [0.1, 0.15) is 6.54 Å². The van der Waals surface area contributed by atoms with Crippen molar-refractivity contribution in [3.05, 3.63) is 58.1 Å². The summed E-state index contributed by atoms with van der Waals surface area (Å²) >= 11 is 11.7. The van der Waals surface area contributed by atoms with Crippen LogP contribution in [0.4, 0.5) is 5.69 Å². The van der Waals surface area contributed by atoms with Crippen LogP contribution in [-0.2, 0) is 14.8 Å². The van der Waals surface area contributed by atoms with Crippen LogP contribution >= 0.6 is 23.2 Å². The van der Waals surface area contributed by atoms with Crippen LogP contribution in [0.1, 0.15) is 25.3 Å². The molecule has 0 unspecified atom stereocenters. The van der Waals surface area contributed by atoms with Crippen LogP contribution in [0.3, 0.4) is 0 Å². The van der Waals surface area contributed by atoms with Gasteiger partial charge in [-0.2, -0.15) is 0 Å². The van der Waals surface area contributed by atoms with Gasteiger partial charge in [-0.3, -0.25) is 9.10 Å². The quantitative estimate of drug-likeness (QED) is 0.778. The largest absolute Gasteiger partial charge is 0.480 e. The molecular formula is C17H17Cl2NO4S. The SMILES string of the molecule is CC(C)c1ccc(N(CC(=O)O)S(=O)(=O)c2ccc(Cl)c(Cl)c2)cc1. The summed E-state index contributed by atoms with van der Waals surface area (Å²) in [5.74, 6) is -0.995. The summed E-state index contributed by atoms with van der Waals surface area (Å²) in [4.78, 5) is 11.1. The molecule has 0 saturated heterocycles. The van der Waals surface area contributed by atoms with E-state index in [0.717, 1.165) is 9.87 Å². The Balaban J connectivity index is 2.51. The highest BCUT2D eigenvalue weighted by Crippen LogP contribution is 2.29. The molecule has 2 aromatic carbocycles. The van der Waals surface area contributed by atoms with Crippen molar-refractivity contribution in [1.82, 2.24) is 0 Å². The first-order chi connectivity index (χ1) is 11.6. The van der Waals surface area contributed by atoms with Crippen molar-refractivity contribution in [3.63, 3.8) is 0 Å². The zero-order valence-electron chi connectivity index (χ0n) is 13.6. The van der Waals surface area contributed by atoms with Crippen molar-refractivity contribution in [1.29, 1.82) is 0 Å². The number of hydrogen-bond acceptors (Lipinski definition) is 3. The van der Waals surface area contributed by atoms with Crippen molar-refractivity contribution >= 4 is 44.9 Å². The van der Waals surface area contributed by atoms with Gasteiger partial charge in [0.15, 0.2) is 0 Å². The van der Waals surface area contributed by atoms with Gasteiger partial charge in [-0.25, -0.2) is 8.42 Å². The van der Waals surface area contributed by atoms with E-state index in [1.165, 1.54) is 18.2 Å². The number of nitrogens with zero attached hydrogens (tertiary/aromatic N) is 1. The van der Waals surface area contributed by atoms with Gasteiger partial charge < -0.3 is 5.11 Å². The molecule has 8 heteroatoms. The zero-order chi connectivity index (χ0) is 18.8. The Labute approximate surface area is 156 Å². The molecule has 2 aromatic rings. The fourth-order valence-electron chi connectivity index (χ4n) is 2.23. The van der Waals surface area contributed by atoms with E-state index in [0.29, 0.717) is 0 Å². The second-order valence-electron chi connectivity index (χ2n) is 5.73. The number of anilines is 1. The fourth-order valence-corrected chi connectivity index (χ4v) is 4.03. The predicted octanol–water partition coefficient (Wildman–Crippen LogP) is 4.40. The van der Waals surface area contributed by atoms with Crippen LogP contribution in [0, 0.1) is 0 Å². The van der Waals surface area contributed by atoms with Crippen LogP contribution in [-0.4, -0.2) is 26.0 Å². The number of halogens is 2. The van der Waals surface area contributed by atoms with E-state index >= 15 is 0 Å². The normalized spacial score (nSPS) is 11.6. The predicted molar refractivity (Wildman–Crippen MR) is 99.2 cm³/mol. The second kappa shape index (κ2) is 7.64. The number of benzene rings is 2. The van der Waals surface area contributed by atoms with Crippen LogP contribution in [0.25, 0.3) is 0 Å². The summed E-state index contributed by atoms with van der Waals surface area (Å²) in [6.45, 7) is 3.32. The molecule has 0 saturated carbocycles. The van der Waals surface area contributed by atoms with Crippen molar-refractivity contribution in [3.8, 4) is 0 Å². The average molecular weight is 402 g/mol. The van der Waals surface area contributed by atoms with Gasteiger partial charge in [0.05, 0.1) is 20.6 Å². The van der Waals surface area contributed by atoms with E-state index < -0.39 is 22.5 Å². The summed E-state index contributed by atoms with van der Waals surface area (Å²) < 4.78 is 26.7. The lowest BCUT2D eigenvalue weighted by atomic mass is 10.0. The number of hydrogen-bond donors (Lipinski definition) is 1. The van der Waals surface area contributed by atoms with Crippen molar-refractivity contribution in [2.45, 2.75) is 24.7 Å². The second-order valence-corrected chi connectivity index (χ2v) is 8.40. The first-order valence-electron chi connectivity index (χ1n) is 7.42. The maximum atomic E-state index is 12.9. The molecule has 0 spiro atoms. The molecule has 0 aliphatic heterocycles. The lowest BCUT2D eigenvalue weighted by molar-refractivity contribution is -0.135. The Morgan fingerprint density at radius 2 is 1.68 bits per heavy atom. The van der Waals surface area contributed by atoms with Gasteiger partial charge in [0.2, 0.25) is 0 Å². The minimum atomic E-state index is -4.11. The molecule has 134 valence electrons. The molecule has 0 bridgehead atoms. The Morgan fingerprint density at radius 3 is 2.16 bits per heavy atom. The van der Waals surface area contributed by atoms with E-state index in [1.54, 1.807) is 24.3 Å². The van der Waals surface area contributed by atoms with Gasteiger partial charge in [-0.1, -0.05) is 49.2 Å². The van der Waals surface area contributed by atoms with Crippen molar-refractivity contribution < 1.29 is 18.3 Å². The van der Waals surface area contributed by atoms with Crippen LogP contribution in [0.2, 0.25) is 10.0 Å². The van der Waals surface area contributed by atoms with Crippen LogP contribution in [0.5, 0.6) is 0 Å². The zero-order valence-corrected chi connectivity index (χ0v) is 15.9. The minimum absolute atomic E-state index is 0.0770. The molecule has 25 heavy (non-hydrogen) atoms. The molecule has 1 N–H and O–H groups in total. The maximum absolute atomic E-state index is 12.9. The highest BCUT2D eigenvalue weighted by Gasteiger charge is 2.27. The van der Waals surface area contributed by atoms with Crippen LogP contribution in [0.15, 0.2) is 47.4 Å². The number of aliphatic carboxylic acids is 1. The van der Waals surface area contributed by atoms with Crippen LogP contribution < -0.4 is 4.31 Å². The number of carbonyl (C=O) groups is 1. The number of carboxylic acids is 1. The van der Waals surface area contributed by atoms with Crippen molar-refractivity contribution in [2.24, 2.45) is 0 Å². The molecule has 0 aromatic heterocycles. The molecular weight excluding hydrogens is 385 g/mol. The van der Waals surface area contributed by atoms with E-state index in [-0.39, 0.29) is 26.5 Å². The average Bonchev–Trinajstić information content (AvgIpc) is 2.55. The standard InChI is InChI=1S/C17H17Cl2NO4S/c1-11(2)12-3-5-13(6-4-12)20(10-17(21)22)25(23,24)14-7-8-15(18)16(19)9-14/h3-9,11H,10H2,1-2H3,(H,21,22). The van der Waals surface area contributed by atoms with E-state index in [9.17, 15) is 13.2 Å². The number of sulfonamides is 1. The number of carboxylic acid groups (broad SMARTS) is 1. The first kappa shape index (κ1) is 19.6. The Kier molecular flexibility index (Phi) is 5.98. The van der Waals surface area contributed by atoms with Gasteiger partial charge in [-0.05, 0) is 41.8 Å². The molecule has 2 rings (SSSR count). The van der Waals surface area contributed by atoms with E-state index in [1.807, 2.05) is 13.8 Å². The van der Waals surface area contributed by atoms with Gasteiger partial charge >= 0.3 is 5.97 Å². The molecule has 0 aliphatic carbocycles. The van der Waals surface area contributed by atoms with Crippen molar-refractivity contribution in [2.75, 3.05) is 10.8 Å². The highest BCUT2D eigenvalue weighted by molar-refractivity contribution is 7.92. The van der Waals surface area contributed by atoms with Gasteiger partial charge in [0, 0.05) is 0 Å². The Morgan fingerprint density at radius 1 is 1.08 bits per heavy atom. The molecule has 0 aliphatic rings. The third kappa shape index (κ3) is 4.45. The molecule has 0 atom stereocenters. The summed E-state index contributed by atoms with van der Waals surface area (Å²) in [5.41, 5.74) is 1.28. The third-order valence-electron chi connectivity index (χ3n) is 3.61. The summed E-state index contributed by atoms with van der Waals surface area (Å²) in [5, 5.41) is 9.44. The number of rotatable bonds is 6. The molecule has 0 radical (unpaired) electrons. The Hall–Kier alpha value is -1.76. The molecule has 0 heterocycles. The highest BCUT2D eigenvalue weighted by atomic mass is 35.5. The smallest absolute Gasteiger partial charge is 0.324 e. The maximum Gasteiger partial charge on any atom is 0.324 e. The summed E-state index contributed by atoms with van der Waals surface area (Å²) in [7, 11) is -4.11. The lowest BCUT2D eigenvalue weighted by Gasteiger charge is -2.23. The van der Waals surface area contributed by atoms with Gasteiger partial charge in [0.25, 0.3) is 10.0 Å². The third-order valence-corrected chi connectivity index (χ3v) is 6.11. The summed E-state index contributed by atoms with van der Waals surface area (Å²) in [6, 6.07) is 10.6. The molecule has 0 fully saturated rings.